The van der Waals surface area contributed by atoms with Gasteiger partial charge in [-0.25, -0.2) is 0 Å². The van der Waals surface area contributed by atoms with Gasteiger partial charge in [0.05, 0.1) is 35.4 Å². The maximum atomic E-state index is 12.1. The average molecular weight is 407 g/mol. The number of carbonyl (C=O) groups excluding carboxylic acids is 1. The molecule has 0 fully saturated rings. The van der Waals surface area contributed by atoms with Crippen LogP contribution in [0.15, 0.2) is 46.9 Å². The van der Waals surface area contributed by atoms with Crippen LogP contribution in [0.1, 0.15) is 5.56 Å². The molecule has 2 rings (SSSR count). The summed E-state index contributed by atoms with van der Waals surface area (Å²) in [4.78, 5) is 22.3. The predicted molar refractivity (Wildman–Crippen MR) is 98.0 cm³/mol. The van der Waals surface area contributed by atoms with E-state index in [0.717, 1.165) is 10.0 Å². The first kappa shape index (κ1) is 18.5. The van der Waals surface area contributed by atoms with Gasteiger partial charge >= 0.3 is 0 Å². The number of ether oxygens (including phenoxy) is 2. The minimum atomic E-state index is -0.532. The molecule has 0 aliphatic rings. The Bertz CT molecular complexity index is 836. The van der Waals surface area contributed by atoms with E-state index in [-0.39, 0.29) is 17.3 Å². The minimum Gasteiger partial charge on any atom is -0.496 e. The smallest absolute Gasteiger partial charge is 0.273 e. The number of benzene rings is 2. The van der Waals surface area contributed by atoms with E-state index in [2.05, 4.69) is 21.2 Å². The highest BCUT2D eigenvalue weighted by molar-refractivity contribution is 9.10. The lowest BCUT2D eigenvalue weighted by molar-refractivity contribution is -0.384. The number of methoxy groups -OCH3 is 2. The third-order valence-electron chi connectivity index (χ3n) is 3.26. The summed E-state index contributed by atoms with van der Waals surface area (Å²) in [5.41, 5.74) is 1.03. The van der Waals surface area contributed by atoms with Crippen LogP contribution in [-0.4, -0.2) is 25.1 Å². The van der Waals surface area contributed by atoms with Crippen molar-refractivity contribution in [1.29, 1.82) is 0 Å². The topological polar surface area (TPSA) is 90.7 Å². The molecule has 0 unspecified atom stereocenters. The molecule has 1 N–H and O–H groups in total. The fraction of sp³-hybridized carbons (Fsp3) is 0.118. The summed E-state index contributed by atoms with van der Waals surface area (Å²) in [7, 11) is 2.94. The van der Waals surface area contributed by atoms with Crippen molar-refractivity contribution in [2.75, 3.05) is 19.5 Å². The molecular formula is C17H15BrN2O5. The maximum absolute atomic E-state index is 12.1. The standard InChI is InChI=1S/C17H15BrN2O5/c1-24-15-7-3-11(9-13(15)18)4-8-17(21)19-14-6-5-12(20(22)23)10-16(14)25-2/h3-10H,1-2H3,(H,19,21). The number of nitro benzene ring substituents is 1. The monoisotopic (exact) mass is 406 g/mol. The first-order valence-corrected chi connectivity index (χ1v) is 7.89. The first-order chi connectivity index (χ1) is 11.9. The van der Waals surface area contributed by atoms with Crippen LogP contribution in [0.25, 0.3) is 6.08 Å². The van der Waals surface area contributed by atoms with Gasteiger partial charge in [-0.15, -0.1) is 0 Å². The van der Waals surface area contributed by atoms with Crippen molar-refractivity contribution in [1.82, 2.24) is 0 Å². The Hall–Kier alpha value is -2.87. The number of nitrogens with one attached hydrogen (secondary N) is 1. The summed E-state index contributed by atoms with van der Waals surface area (Å²) in [5, 5.41) is 13.4. The van der Waals surface area contributed by atoms with Gasteiger partial charge in [0, 0.05) is 12.1 Å². The summed E-state index contributed by atoms with van der Waals surface area (Å²) in [6.07, 6.45) is 2.99. The van der Waals surface area contributed by atoms with Crippen LogP contribution in [0.3, 0.4) is 0 Å². The maximum Gasteiger partial charge on any atom is 0.273 e. The summed E-state index contributed by atoms with van der Waals surface area (Å²) < 4.78 is 11.0. The molecule has 0 radical (unpaired) electrons. The van der Waals surface area contributed by atoms with Crippen LogP contribution < -0.4 is 14.8 Å². The van der Waals surface area contributed by atoms with Gasteiger partial charge in [0.25, 0.3) is 5.69 Å². The zero-order chi connectivity index (χ0) is 18.4. The molecule has 0 heterocycles. The third kappa shape index (κ3) is 4.80. The van der Waals surface area contributed by atoms with Crippen LogP contribution in [0.5, 0.6) is 11.5 Å². The molecule has 0 aliphatic heterocycles. The number of non-ortho nitro benzene ring substituents is 1. The molecular weight excluding hydrogens is 392 g/mol. The summed E-state index contributed by atoms with van der Waals surface area (Å²) in [6, 6.07) is 9.37. The van der Waals surface area contributed by atoms with Gasteiger partial charge in [-0.2, -0.15) is 0 Å². The summed E-state index contributed by atoms with van der Waals surface area (Å²) >= 11 is 3.37. The van der Waals surface area contributed by atoms with E-state index in [0.29, 0.717) is 11.4 Å². The molecule has 130 valence electrons. The fourth-order valence-electron chi connectivity index (χ4n) is 2.03. The lowest BCUT2D eigenvalue weighted by atomic mass is 10.2. The minimum absolute atomic E-state index is 0.117. The van der Waals surface area contributed by atoms with Crippen molar-refractivity contribution in [2.45, 2.75) is 0 Å². The van der Waals surface area contributed by atoms with Gasteiger partial charge in [-0.1, -0.05) is 6.07 Å². The number of halogens is 1. The Labute approximate surface area is 152 Å². The molecule has 8 heteroatoms. The van der Waals surface area contributed by atoms with Crippen LogP contribution in [-0.2, 0) is 4.79 Å². The number of nitrogens with zero attached hydrogens (tertiary/aromatic N) is 1. The van der Waals surface area contributed by atoms with E-state index in [1.54, 1.807) is 25.3 Å². The Balaban J connectivity index is 2.12. The highest BCUT2D eigenvalue weighted by Crippen LogP contribution is 2.29. The van der Waals surface area contributed by atoms with Crippen molar-refractivity contribution in [2.24, 2.45) is 0 Å². The molecule has 0 saturated heterocycles. The predicted octanol–water partition coefficient (Wildman–Crippen LogP) is 4.03. The van der Waals surface area contributed by atoms with Crippen molar-refractivity contribution in [3.8, 4) is 11.5 Å². The normalized spacial score (nSPS) is 10.5. The van der Waals surface area contributed by atoms with Gasteiger partial charge in [0.1, 0.15) is 11.5 Å². The van der Waals surface area contributed by atoms with E-state index < -0.39 is 4.92 Å². The Morgan fingerprint density at radius 1 is 1.16 bits per heavy atom. The van der Waals surface area contributed by atoms with Gasteiger partial charge in [0.15, 0.2) is 0 Å². The molecule has 0 spiro atoms. The number of rotatable bonds is 6. The zero-order valence-electron chi connectivity index (χ0n) is 13.5. The van der Waals surface area contributed by atoms with E-state index in [1.165, 1.54) is 31.4 Å². The van der Waals surface area contributed by atoms with Crippen molar-refractivity contribution >= 4 is 39.3 Å². The summed E-state index contributed by atoms with van der Waals surface area (Å²) in [6.45, 7) is 0. The lowest BCUT2D eigenvalue weighted by Gasteiger charge is -2.08. The summed E-state index contributed by atoms with van der Waals surface area (Å²) in [5.74, 6) is 0.513. The largest absolute Gasteiger partial charge is 0.496 e. The van der Waals surface area contributed by atoms with Crippen LogP contribution in [0.4, 0.5) is 11.4 Å². The SMILES string of the molecule is COc1ccc(C=CC(=O)Nc2ccc([N+](=O)[O-])cc2OC)cc1Br. The quantitative estimate of drug-likeness (QED) is 0.444. The lowest BCUT2D eigenvalue weighted by Crippen LogP contribution is -2.09. The molecule has 0 saturated carbocycles. The number of hydrogen-bond donors (Lipinski definition) is 1. The van der Waals surface area contributed by atoms with Crippen molar-refractivity contribution < 1.29 is 19.2 Å². The van der Waals surface area contributed by atoms with Gasteiger partial charge in [-0.05, 0) is 45.8 Å². The Morgan fingerprint density at radius 3 is 2.48 bits per heavy atom. The molecule has 2 aromatic rings. The highest BCUT2D eigenvalue weighted by atomic mass is 79.9. The van der Waals surface area contributed by atoms with Gasteiger partial charge < -0.3 is 14.8 Å². The van der Waals surface area contributed by atoms with Crippen molar-refractivity contribution in [3.63, 3.8) is 0 Å². The van der Waals surface area contributed by atoms with E-state index in [4.69, 9.17) is 9.47 Å². The second-order valence-electron chi connectivity index (χ2n) is 4.86. The third-order valence-corrected chi connectivity index (χ3v) is 3.88. The van der Waals surface area contributed by atoms with E-state index in [9.17, 15) is 14.9 Å². The van der Waals surface area contributed by atoms with Gasteiger partial charge in [0.2, 0.25) is 5.91 Å². The number of nitro groups is 1. The number of amides is 1. The average Bonchev–Trinajstić information content (AvgIpc) is 2.60. The molecule has 7 nitrogen and oxygen atoms in total. The van der Waals surface area contributed by atoms with E-state index >= 15 is 0 Å². The molecule has 25 heavy (non-hydrogen) atoms. The zero-order valence-corrected chi connectivity index (χ0v) is 15.1. The van der Waals surface area contributed by atoms with Crippen molar-refractivity contribution in [3.05, 3.63) is 62.6 Å². The second kappa shape index (κ2) is 8.29. The van der Waals surface area contributed by atoms with E-state index in [1.807, 2.05) is 6.07 Å². The highest BCUT2D eigenvalue weighted by Gasteiger charge is 2.12. The number of carbonyl (C=O) groups is 1. The molecule has 1 amide bonds. The van der Waals surface area contributed by atoms with Crippen LogP contribution in [0.2, 0.25) is 0 Å². The van der Waals surface area contributed by atoms with Crippen LogP contribution >= 0.6 is 15.9 Å². The fourth-order valence-corrected chi connectivity index (χ4v) is 2.59. The second-order valence-corrected chi connectivity index (χ2v) is 5.71. The van der Waals surface area contributed by atoms with Gasteiger partial charge in [-0.3, -0.25) is 14.9 Å². The number of hydrogen-bond acceptors (Lipinski definition) is 5. The Kier molecular flexibility index (Phi) is 6.13. The van der Waals surface area contributed by atoms with Crippen LogP contribution in [0, 0.1) is 10.1 Å². The molecule has 0 atom stereocenters. The Morgan fingerprint density at radius 2 is 1.88 bits per heavy atom. The molecule has 0 aliphatic carbocycles. The molecule has 2 aromatic carbocycles. The number of anilines is 1. The first-order valence-electron chi connectivity index (χ1n) is 7.09. The molecule has 0 aromatic heterocycles. The molecule has 0 bridgehead atoms.